The molecule has 0 aliphatic carbocycles. The van der Waals surface area contributed by atoms with E-state index in [9.17, 15) is 0 Å². The summed E-state index contributed by atoms with van der Waals surface area (Å²) in [6.07, 6.45) is 1.80. The lowest BCUT2D eigenvalue weighted by molar-refractivity contribution is 1.26. The molecule has 0 saturated heterocycles. The molecule has 3 aromatic rings. The SMILES string of the molecule is C=C(C#N)CNc1c(C)ccc2ccc(-c3ccccn3)cc12. The molecule has 1 aromatic heterocycles. The standard InChI is InChI=1S/C20H17N3/c1-14(12-21)13-23-20-15(2)6-7-16-8-9-17(11-18(16)20)19-5-3-4-10-22-19/h3-11,23H,1,13H2,2H3. The Morgan fingerprint density at radius 1 is 1.22 bits per heavy atom. The van der Waals surface area contributed by atoms with Crippen molar-refractivity contribution in [2.45, 2.75) is 6.92 Å². The van der Waals surface area contributed by atoms with Crippen LogP contribution in [0.5, 0.6) is 0 Å². The molecule has 0 amide bonds. The van der Waals surface area contributed by atoms with E-state index in [0.717, 1.165) is 33.3 Å². The number of aromatic nitrogens is 1. The summed E-state index contributed by atoms with van der Waals surface area (Å²) in [4.78, 5) is 4.42. The Morgan fingerprint density at radius 2 is 2.04 bits per heavy atom. The molecule has 0 atom stereocenters. The third-order valence-corrected chi connectivity index (χ3v) is 3.83. The van der Waals surface area contributed by atoms with Crippen LogP contribution in [0, 0.1) is 18.3 Å². The van der Waals surface area contributed by atoms with Gasteiger partial charge in [0.25, 0.3) is 0 Å². The molecule has 2 aromatic carbocycles. The van der Waals surface area contributed by atoms with Crippen molar-refractivity contribution in [1.82, 2.24) is 4.98 Å². The summed E-state index contributed by atoms with van der Waals surface area (Å²) in [5.74, 6) is 0. The quantitative estimate of drug-likeness (QED) is 0.710. The maximum Gasteiger partial charge on any atom is 0.0959 e. The number of nitrogens with one attached hydrogen (secondary N) is 1. The van der Waals surface area contributed by atoms with E-state index in [2.05, 4.69) is 60.2 Å². The van der Waals surface area contributed by atoms with E-state index in [4.69, 9.17) is 5.26 Å². The third kappa shape index (κ3) is 3.07. The number of fused-ring (bicyclic) bond motifs is 1. The van der Waals surface area contributed by atoms with Crippen molar-refractivity contribution >= 4 is 16.5 Å². The maximum absolute atomic E-state index is 8.89. The molecule has 0 aliphatic rings. The number of rotatable bonds is 4. The number of anilines is 1. The Labute approximate surface area is 135 Å². The van der Waals surface area contributed by atoms with Crippen LogP contribution in [0.2, 0.25) is 0 Å². The second kappa shape index (κ2) is 6.33. The van der Waals surface area contributed by atoms with E-state index in [1.165, 1.54) is 0 Å². The smallest absolute Gasteiger partial charge is 0.0959 e. The van der Waals surface area contributed by atoms with Crippen molar-refractivity contribution < 1.29 is 0 Å². The molecule has 3 heteroatoms. The Kier molecular flexibility index (Phi) is 4.07. The van der Waals surface area contributed by atoms with E-state index < -0.39 is 0 Å². The van der Waals surface area contributed by atoms with Gasteiger partial charge in [-0.25, -0.2) is 0 Å². The zero-order valence-corrected chi connectivity index (χ0v) is 13.0. The summed E-state index contributed by atoms with van der Waals surface area (Å²) in [5, 5.41) is 14.5. The van der Waals surface area contributed by atoms with Crippen LogP contribution >= 0.6 is 0 Å². The first-order valence-corrected chi connectivity index (χ1v) is 7.45. The van der Waals surface area contributed by atoms with E-state index in [0.29, 0.717) is 12.1 Å². The fourth-order valence-corrected chi connectivity index (χ4v) is 2.59. The average Bonchev–Trinajstić information content (AvgIpc) is 2.61. The van der Waals surface area contributed by atoms with Gasteiger partial charge in [0.05, 0.1) is 11.8 Å². The van der Waals surface area contributed by atoms with E-state index >= 15 is 0 Å². The lowest BCUT2D eigenvalue weighted by atomic mass is 10.0. The molecule has 3 rings (SSSR count). The molecule has 3 nitrogen and oxygen atoms in total. The van der Waals surface area contributed by atoms with Gasteiger partial charge < -0.3 is 5.32 Å². The van der Waals surface area contributed by atoms with Crippen molar-refractivity contribution in [1.29, 1.82) is 5.26 Å². The second-order valence-corrected chi connectivity index (χ2v) is 5.48. The average molecular weight is 299 g/mol. The molecule has 0 unspecified atom stereocenters. The van der Waals surface area contributed by atoms with E-state index in [1.807, 2.05) is 18.2 Å². The van der Waals surface area contributed by atoms with Gasteiger partial charge >= 0.3 is 0 Å². The minimum atomic E-state index is 0.449. The molecule has 0 bridgehead atoms. The Hall–Kier alpha value is -3.12. The highest BCUT2D eigenvalue weighted by Gasteiger charge is 2.07. The molecule has 0 aliphatic heterocycles. The van der Waals surface area contributed by atoms with Gasteiger partial charge in [0, 0.05) is 35.0 Å². The van der Waals surface area contributed by atoms with Gasteiger partial charge in [0.15, 0.2) is 0 Å². The molecule has 112 valence electrons. The topological polar surface area (TPSA) is 48.7 Å². The van der Waals surface area contributed by atoms with Gasteiger partial charge in [-0.3, -0.25) is 4.98 Å². The first-order valence-electron chi connectivity index (χ1n) is 7.45. The number of benzene rings is 2. The molecule has 0 radical (unpaired) electrons. The van der Waals surface area contributed by atoms with Crippen LogP contribution in [0.25, 0.3) is 22.0 Å². The summed E-state index contributed by atoms with van der Waals surface area (Å²) in [6.45, 7) is 6.24. The lowest BCUT2D eigenvalue weighted by Crippen LogP contribution is -2.05. The number of hydrogen-bond acceptors (Lipinski definition) is 3. The summed E-state index contributed by atoms with van der Waals surface area (Å²) >= 11 is 0. The maximum atomic E-state index is 8.89. The fourth-order valence-electron chi connectivity index (χ4n) is 2.59. The predicted molar refractivity (Wildman–Crippen MR) is 95.2 cm³/mol. The summed E-state index contributed by atoms with van der Waals surface area (Å²) in [7, 11) is 0. The molecule has 1 heterocycles. The summed E-state index contributed by atoms with van der Waals surface area (Å²) in [5.41, 5.74) is 4.72. The highest BCUT2D eigenvalue weighted by molar-refractivity contribution is 5.98. The number of nitriles is 1. The summed E-state index contributed by atoms with van der Waals surface area (Å²) < 4.78 is 0. The van der Waals surface area contributed by atoms with Gasteiger partial charge in [-0.2, -0.15) is 5.26 Å². The van der Waals surface area contributed by atoms with Crippen LogP contribution in [-0.2, 0) is 0 Å². The van der Waals surface area contributed by atoms with Crippen LogP contribution in [0.3, 0.4) is 0 Å². The van der Waals surface area contributed by atoms with Crippen molar-refractivity contribution in [2.75, 3.05) is 11.9 Å². The molecule has 1 N–H and O–H groups in total. The van der Waals surface area contributed by atoms with Crippen LogP contribution < -0.4 is 5.32 Å². The van der Waals surface area contributed by atoms with Crippen molar-refractivity contribution in [2.24, 2.45) is 0 Å². The van der Waals surface area contributed by atoms with Crippen LogP contribution in [-0.4, -0.2) is 11.5 Å². The van der Waals surface area contributed by atoms with E-state index in [-0.39, 0.29) is 0 Å². The fraction of sp³-hybridized carbons (Fsp3) is 0.100. The summed E-state index contributed by atoms with van der Waals surface area (Å²) in [6, 6.07) is 18.5. The largest absolute Gasteiger partial charge is 0.380 e. The van der Waals surface area contributed by atoms with Crippen LogP contribution in [0.1, 0.15) is 5.56 Å². The number of nitrogens with zero attached hydrogens (tertiary/aromatic N) is 2. The van der Waals surface area contributed by atoms with Gasteiger partial charge in [0.2, 0.25) is 0 Å². The molecular formula is C20H17N3. The zero-order chi connectivity index (χ0) is 16.2. The number of pyridine rings is 1. The van der Waals surface area contributed by atoms with Crippen molar-refractivity contribution in [3.63, 3.8) is 0 Å². The third-order valence-electron chi connectivity index (χ3n) is 3.83. The Morgan fingerprint density at radius 3 is 2.78 bits per heavy atom. The normalized spacial score (nSPS) is 10.3. The zero-order valence-electron chi connectivity index (χ0n) is 13.0. The Bertz CT molecular complexity index is 905. The van der Waals surface area contributed by atoms with Gasteiger partial charge in [0.1, 0.15) is 0 Å². The molecule has 0 saturated carbocycles. The second-order valence-electron chi connectivity index (χ2n) is 5.48. The molecule has 0 fully saturated rings. The van der Waals surface area contributed by atoms with Crippen molar-refractivity contribution in [3.8, 4) is 17.3 Å². The minimum absolute atomic E-state index is 0.449. The van der Waals surface area contributed by atoms with Crippen LogP contribution in [0.4, 0.5) is 5.69 Å². The monoisotopic (exact) mass is 299 g/mol. The first kappa shape index (κ1) is 14.8. The van der Waals surface area contributed by atoms with Crippen molar-refractivity contribution in [3.05, 3.63) is 72.4 Å². The van der Waals surface area contributed by atoms with E-state index in [1.54, 1.807) is 6.20 Å². The lowest BCUT2D eigenvalue weighted by Gasteiger charge is -2.13. The predicted octanol–water partition coefficient (Wildman–Crippen LogP) is 4.70. The highest BCUT2D eigenvalue weighted by atomic mass is 14.9. The Balaban J connectivity index is 2.09. The first-order chi connectivity index (χ1) is 11.2. The van der Waals surface area contributed by atoms with Gasteiger partial charge in [-0.05, 0) is 36.1 Å². The molecular weight excluding hydrogens is 282 g/mol. The molecule has 23 heavy (non-hydrogen) atoms. The highest BCUT2D eigenvalue weighted by Crippen LogP contribution is 2.31. The van der Waals surface area contributed by atoms with Gasteiger partial charge in [-0.1, -0.05) is 36.9 Å². The minimum Gasteiger partial charge on any atom is -0.380 e. The number of hydrogen-bond donors (Lipinski definition) is 1. The number of aryl methyl sites for hydroxylation is 1. The van der Waals surface area contributed by atoms with Crippen LogP contribution in [0.15, 0.2) is 66.9 Å². The molecule has 0 spiro atoms. The van der Waals surface area contributed by atoms with Gasteiger partial charge in [-0.15, -0.1) is 0 Å².